The molecule has 0 aromatic carbocycles. The van der Waals surface area contributed by atoms with Gasteiger partial charge in [0.15, 0.2) is 5.78 Å². The van der Waals surface area contributed by atoms with Crippen molar-refractivity contribution in [3.05, 3.63) is 54.9 Å². The molecule has 2 bridgehead atoms. The molecule has 2 aromatic rings. The molecule has 24 heavy (non-hydrogen) atoms. The predicted octanol–water partition coefficient (Wildman–Crippen LogP) is 4.94. The highest BCUT2D eigenvalue weighted by Crippen LogP contribution is 2.41. The lowest BCUT2D eigenvalue weighted by atomic mass is 9.89. The number of aryl methyl sites for hydroxylation is 2. The molecule has 4 heteroatoms. The van der Waals surface area contributed by atoms with Crippen LogP contribution in [0, 0.1) is 13.8 Å². The Morgan fingerprint density at radius 2 is 1.42 bits per heavy atom. The number of carbonyl (C=O) groups excluding carboxylic acids is 1. The number of hydrogen-bond acceptors (Lipinski definition) is 4. The number of rotatable bonds is 2. The van der Waals surface area contributed by atoms with Crippen LogP contribution in [0.25, 0.3) is 12.2 Å². The molecule has 0 spiro atoms. The van der Waals surface area contributed by atoms with E-state index in [1.807, 2.05) is 0 Å². The molecule has 0 aliphatic carbocycles. The summed E-state index contributed by atoms with van der Waals surface area (Å²) in [5.74, 6) is 0.251. The molecule has 2 saturated heterocycles. The Hall–Kier alpha value is -1.49. The van der Waals surface area contributed by atoms with Gasteiger partial charge in [-0.3, -0.25) is 9.69 Å². The number of Topliss-reactive ketones (excluding diaryl/α,β-unsaturated/α-hetero) is 1. The van der Waals surface area contributed by atoms with E-state index < -0.39 is 0 Å². The van der Waals surface area contributed by atoms with Gasteiger partial charge in [-0.25, -0.2) is 0 Å². The van der Waals surface area contributed by atoms with E-state index >= 15 is 0 Å². The van der Waals surface area contributed by atoms with Crippen molar-refractivity contribution in [3.8, 4) is 0 Å². The average molecular weight is 356 g/mol. The highest BCUT2D eigenvalue weighted by atomic mass is 32.1. The second-order valence-corrected chi connectivity index (χ2v) is 8.63. The lowest BCUT2D eigenvalue weighted by Gasteiger charge is -2.34. The maximum atomic E-state index is 13.3. The summed E-state index contributed by atoms with van der Waals surface area (Å²) in [6.45, 7) is 4.23. The number of likely N-dealkylation sites (N-methyl/N-ethyl adjacent to an activating group) is 1. The van der Waals surface area contributed by atoms with Gasteiger partial charge in [0, 0.05) is 33.0 Å². The van der Waals surface area contributed by atoms with Crippen LogP contribution in [0.5, 0.6) is 0 Å². The number of nitrogens with zero attached hydrogens (tertiary/aromatic N) is 1. The van der Waals surface area contributed by atoms with E-state index in [4.69, 9.17) is 0 Å². The van der Waals surface area contributed by atoms with Crippen LogP contribution >= 0.6 is 22.7 Å². The summed E-state index contributed by atoms with van der Waals surface area (Å²) < 4.78 is 0. The Balaban J connectivity index is 1.81. The highest BCUT2D eigenvalue weighted by Gasteiger charge is 2.44. The Kier molecular flexibility index (Phi) is 4.07. The molecule has 2 nitrogen and oxygen atoms in total. The zero-order chi connectivity index (χ0) is 16.8. The molecular formula is C20H21NOS2. The van der Waals surface area contributed by atoms with Crippen molar-refractivity contribution in [3.63, 3.8) is 0 Å². The Morgan fingerprint density at radius 3 is 1.79 bits per heavy atom. The molecule has 0 radical (unpaired) electrons. The standard InChI is InChI=1S/C20H21NOS2/c1-12-6-8-23-18(12)10-14-16-4-5-17(21(16)3)15(20(14)22)11-19-13(2)7-9-24-19/h6-11,16-17H,4-5H2,1-3H3/b14-10+,15-11+/t16-,17-/m1/s1. The molecule has 4 rings (SSSR count). The van der Waals surface area contributed by atoms with Crippen LogP contribution in [0.1, 0.15) is 33.7 Å². The van der Waals surface area contributed by atoms with Crippen molar-refractivity contribution in [2.24, 2.45) is 0 Å². The lowest BCUT2D eigenvalue weighted by Crippen LogP contribution is -2.43. The van der Waals surface area contributed by atoms with E-state index in [9.17, 15) is 4.79 Å². The maximum absolute atomic E-state index is 13.3. The largest absolute Gasteiger partial charge is 0.292 e. The lowest BCUT2D eigenvalue weighted by molar-refractivity contribution is -0.114. The van der Waals surface area contributed by atoms with Crippen molar-refractivity contribution in [2.45, 2.75) is 38.8 Å². The average Bonchev–Trinajstić information content (AvgIpc) is 3.22. The third-order valence-corrected chi connectivity index (χ3v) is 7.25. The first-order valence-electron chi connectivity index (χ1n) is 8.34. The topological polar surface area (TPSA) is 20.3 Å². The van der Waals surface area contributed by atoms with Crippen LogP contribution in [0.4, 0.5) is 0 Å². The normalized spacial score (nSPS) is 27.5. The molecule has 2 atom stereocenters. The minimum Gasteiger partial charge on any atom is -0.292 e. The zero-order valence-electron chi connectivity index (χ0n) is 14.2. The second-order valence-electron chi connectivity index (χ2n) is 6.74. The fraction of sp³-hybridized carbons (Fsp3) is 0.350. The van der Waals surface area contributed by atoms with Gasteiger partial charge in [0.05, 0.1) is 0 Å². The molecule has 4 heterocycles. The molecule has 2 aliphatic heterocycles. The van der Waals surface area contributed by atoms with E-state index in [-0.39, 0.29) is 17.9 Å². The summed E-state index contributed by atoms with van der Waals surface area (Å²) in [7, 11) is 2.17. The Bertz CT molecular complexity index is 786. The minimum atomic E-state index is 0.251. The Labute approximate surface area is 151 Å². The summed E-state index contributed by atoms with van der Waals surface area (Å²) in [4.78, 5) is 18.1. The number of piperidine rings is 1. The van der Waals surface area contributed by atoms with E-state index in [1.54, 1.807) is 22.7 Å². The van der Waals surface area contributed by atoms with Crippen LogP contribution in [0.3, 0.4) is 0 Å². The van der Waals surface area contributed by atoms with Crippen molar-refractivity contribution in [1.29, 1.82) is 0 Å². The van der Waals surface area contributed by atoms with E-state index in [1.165, 1.54) is 20.9 Å². The molecule has 0 saturated carbocycles. The SMILES string of the molecule is Cc1ccsc1/C=C1/C(=O)/C(=C/c2sccc2C)[C@H]2CC[C@H]1N2C. The van der Waals surface area contributed by atoms with Crippen LogP contribution in [0.15, 0.2) is 34.0 Å². The minimum absolute atomic E-state index is 0.251. The number of ketones is 1. The molecule has 2 fully saturated rings. The molecule has 0 unspecified atom stereocenters. The van der Waals surface area contributed by atoms with Gasteiger partial charge in [0.1, 0.15) is 0 Å². The number of carbonyl (C=O) groups is 1. The van der Waals surface area contributed by atoms with Gasteiger partial charge in [0.25, 0.3) is 0 Å². The van der Waals surface area contributed by atoms with Gasteiger partial charge in [-0.05, 0) is 79.9 Å². The van der Waals surface area contributed by atoms with Crippen LogP contribution in [-0.2, 0) is 4.79 Å². The fourth-order valence-electron chi connectivity index (χ4n) is 3.83. The van der Waals surface area contributed by atoms with Crippen molar-refractivity contribution in [2.75, 3.05) is 7.05 Å². The summed E-state index contributed by atoms with van der Waals surface area (Å²) in [6.07, 6.45) is 6.42. The summed E-state index contributed by atoms with van der Waals surface area (Å²) in [6, 6.07) is 4.78. The number of hydrogen-bond donors (Lipinski definition) is 0. The van der Waals surface area contributed by atoms with Gasteiger partial charge in [0.2, 0.25) is 0 Å². The first-order chi connectivity index (χ1) is 11.6. The van der Waals surface area contributed by atoms with Gasteiger partial charge < -0.3 is 0 Å². The monoisotopic (exact) mass is 355 g/mol. The first-order valence-corrected chi connectivity index (χ1v) is 10.1. The van der Waals surface area contributed by atoms with Gasteiger partial charge in [-0.2, -0.15) is 0 Å². The number of fused-ring (bicyclic) bond motifs is 2. The van der Waals surface area contributed by atoms with Gasteiger partial charge in [-0.1, -0.05) is 0 Å². The first kappa shape index (κ1) is 16.0. The third kappa shape index (κ3) is 2.53. The van der Waals surface area contributed by atoms with Crippen molar-refractivity contribution in [1.82, 2.24) is 4.90 Å². The Morgan fingerprint density at radius 1 is 0.958 bits per heavy atom. The predicted molar refractivity (Wildman–Crippen MR) is 104 cm³/mol. The van der Waals surface area contributed by atoms with Gasteiger partial charge >= 0.3 is 0 Å². The molecule has 2 aliphatic rings. The maximum Gasteiger partial charge on any atom is 0.188 e. The van der Waals surface area contributed by atoms with Crippen LogP contribution < -0.4 is 0 Å². The van der Waals surface area contributed by atoms with Crippen LogP contribution in [0.2, 0.25) is 0 Å². The van der Waals surface area contributed by atoms with Gasteiger partial charge in [-0.15, -0.1) is 22.7 Å². The zero-order valence-corrected chi connectivity index (χ0v) is 15.8. The summed E-state index contributed by atoms with van der Waals surface area (Å²) in [5, 5.41) is 4.20. The molecule has 124 valence electrons. The second kappa shape index (κ2) is 6.10. The van der Waals surface area contributed by atoms with Crippen molar-refractivity contribution < 1.29 is 4.79 Å². The highest BCUT2D eigenvalue weighted by molar-refractivity contribution is 7.11. The quantitative estimate of drug-likeness (QED) is 0.711. The molecule has 0 N–H and O–H groups in total. The third-order valence-electron chi connectivity index (χ3n) is 5.32. The number of thiophene rings is 2. The summed E-state index contributed by atoms with van der Waals surface area (Å²) >= 11 is 3.43. The summed E-state index contributed by atoms with van der Waals surface area (Å²) in [5.41, 5.74) is 4.44. The van der Waals surface area contributed by atoms with E-state index in [0.29, 0.717) is 0 Å². The molecular weight excluding hydrogens is 334 g/mol. The molecule has 0 amide bonds. The fourth-order valence-corrected chi connectivity index (χ4v) is 5.57. The van der Waals surface area contributed by atoms with E-state index in [0.717, 1.165) is 24.0 Å². The van der Waals surface area contributed by atoms with E-state index in [2.05, 4.69) is 60.8 Å². The van der Waals surface area contributed by atoms with Crippen LogP contribution in [-0.4, -0.2) is 29.8 Å². The van der Waals surface area contributed by atoms with Crippen molar-refractivity contribution >= 4 is 40.6 Å². The molecule has 2 aromatic heterocycles. The smallest absolute Gasteiger partial charge is 0.188 e.